The Morgan fingerprint density at radius 2 is 1.81 bits per heavy atom. The van der Waals surface area contributed by atoms with E-state index in [4.69, 9.17) is 18.6 Å². The number of hydrogen-bond acceptors (Lipinski definition) is 6. The van der Waals surface area contributed by atoms with Crippen LogP contribution < -0.4 is 0 Å². The van der Waals surface area contributed by atoms with Gasteiger partial charge in [-0.1, -0.05) is 40.0 Å². The van der Waals surface area contributed by atoms with Gasteiger partial charge in [0, 0.05) is 32.0 Å². The van der Waals surface area contributed by atoms with Crippen LogP contribution in [0.2, 0.25) is 18.1 Å². The van der Waals surface area contributed by atoms with Crippen molar-refractivity contribution < 1.29 is 28.5 Å². The highest BCUT2D eigenvalue weighted by atomic mass is 28.4. The number of hydrogen-bond donors (Lipinski definition) is 1. The second-order valence-electron chi connectivity index (χ2n) is 11.2. The van der Waals surface area contributed by atoms with Crippen LogP contribution in [0.4, 0.5) is 0 Å². The molecule has 0 spiro atoms. The van der Waals surface area contributed by atoms with Crippen molar-refractivity contribution in [1.82, 2.24) is 0 Å². The standard InChI is InChI=1S/C25H48O6Si/c1-25(2,3)32(5,6)30-18-20-19(13-9-7-8-10-14-23(27)28-4)21(26)17-22(20)31-24-15-11-12-16-29-24/h19-22,24,26H,7-18H2,1-6H3/t19-,20-,21?,22-,24?/m1/s1. The third-order valence-electron chi connectivity index (χ3n) is 7.80. The first-order chi connectivity index (χ1) is 15.0. The van der Waals surface area contributed by atoms with Gasteiger partial charge in [-0.05, 0) is 56.2 Å². The predicted octanol–water partition coefficient (Wildman–Crippen LogP) is 5.43. The molecule has 0 aromatic rings. The van der Waals surface area contributed by atoms with Gasteiger partial charge in [-0.2, -0.15) is 0 Å². The van der Waals surface area contributed by atoms with E-state index in [1.54, 1.807) is 0 Å². The van der Waals surface area contributed by atoms with Crippen LogP contribution in [0, 0.1) is 11.8 Å². The summed E-state index contributed by atoms with van der Waals surface area (Å²) in [4.78, 5) is 11.3. The summed E-state index contributed by atoms with van der Waals surface area (Å²) in [5.41, 5.74) is 0. The highest BCUT2D eigenvalue weighted by Crippen LogP contribution is 2.42. The number of carbonyl (C=O) groups is 1. The van der Waals surface area contributed by atoms with E-state index in [2.05, 4.69) is 33.9 Å². The third kappa shape index (κ3) is 8.39. The van der Waals surface area contributed by atoms with Gasteiger partial charge in [-0.25, -0.2) is 0 Å². The molecule has 0 amide bonds. The van der Waals surface area contributed by atoms with Gasteiger partial charge in [0.15, 0.2) is 14.6 Å². The Morgan fingerprint density at radius 3 is 2.44 bits per heavy atom. The molecule has 1 saturated heterocycles. The molecule has 1 aliphatic heterocycles. The highest BCUT2D eigenvalue weighted by molar-refractivity contribution is 6.74. The number of aliphatic hydroxyl groups is 1. The van der Waals surface area contributed by atoms with Gasteiger partial charge in [-0.3, -0.25) is 4.79 Å². The zero-order valence-electron chi connectivity index (χ0n) is 21.4. The van der Waals surface area contributed by atoms with E-state index in [0.717, 1.165) is 58.0 Å². The molecule has 2 fully saturated rings. The number of esters is 1. The van der Waals surface area contributed by atoms with Crippen LogP contribution in [0.1, 0.15) is 85.0 Å². The number of methoxy groups -OCH3 is 1. The number of aliphatic hydroxyl groups excluding tert-OH is 1. The largest absolute Gasteiger partial charge is 0.469 e. The Hall–Kier alpha value is -0.473. The van der Waals surface area contributed by atoms with Crippen LogP contribution in [-0.2, 0) is 23.4 Å². The first-order valence-corrected chi connectivity index (χ1v) is 15.6. The van der Waals surface area contributed by atoms with Crippen molar-refractivity contribution in [2.75, 3.05) is 20.3 Å². The molecule has 5 atom stereocenters. The minimum absolute atomic E-state index is 0.0119. The van der Waals surface area contributed by atoms with Crippen LogP contribution in [0.5, 0.6) is 0 Å². The van der Waals surface area contributed by atoms with Gasteiger partial charge in [0.05, 0.1) is 19.3 Å². The van der Waals surface area contributed by atoms with Crippen LogP contribution >= 0.6 is 0 Å². The first-order valence-electron chi connectivity index (χ1n) is 12.7. The molecule has 0 aromatic heterocycles. The zero-order valence-corrected chi connectivity index (χ0v) is 22.4. The lowest BCUT2D eigenvalue weighted by Crippen LogP contribution is -2.44. The van der Waals surface area contributed by atoms with Crippen molar-refractivity contribution in [2.45, 2.75) is 122 Å². The Bertz CT molecular complexity index is 555. The molecule has 2 aliphatic rings. The SMILES string of the molecule is COC(=O)CCCCCC[C@H]1C(O)C[C@@H](OC2CCCCO2)[C@@H]1CO[Si](C)(C)C(C)(C)C. The topological polar surface area (TPSA) is 74.2 Å². The quantitative estimate of drug-likeness (QED) is 0.232. The van der Waals surface area contributed by atoms with E-state index in [9.17, 15) is 9.90 Å². The molecule has 7 heteroatoms. The Kier molecular flexibility index (Phi) is 11.1. The first kappa shape index (κ1) is 27.8. The third-order valence-corrected chi connectivity index (χ3v) is 12.3. The maximum Gasteiger partial charge on any atom is 0.305 e. The molecule has 2 unspecified atom stereocenters. The molecule has 0 radical (unpaired) electrons. The highest BCUT2D eigenvalue weighted by Gasteiger charge is 2.46. The Labute approximate surface area is 196 Å². The summed E-state index contributed by atoms with van der Waals surface area (Å²) < 4.78 is 23.6. The average molecular weight is 473 g/mol. The lowest BCUT2D eigenvalue weighted by Gasteiger charge is -2.38. The lowest BCUT2D eigenvalue weighted by molar-refractivity contribution is -0.197. The number of unbranched alkanes of at least 4 members (excludes halogenated alkanes) is 3. The number of ether oxygens (including phenoxy) is 3. The molecule has 1 saturated carbocycles. The maximum absolute atomic E-state index is 11.3. The van der Waals surface area contributed by atoms with Crippen LogP contribution in [0.25, 0.3) is 0 Å². The Morgan fingerprint density at radius 1 is 1.09 bits per heavy atom. The molecule has 1 heterocycles. The molecule has 1 N–H and O–H groups in total. The van der Waals surface area contributed by atoms with Gasteiger partial charge in [0.25, 0.3) is 0 Å². The number of carbonyl (C=O) groups excluding carboxylic acids is 1. The summed E-state index contributed by atoms with van der Waals surface area (Å²) in [7, 11) is -0.444. The fourth-order valence-electron chi connectivity index (χ4n) is 4.58. The predicted molar refractivity (Wildman–Crippen MR) is 129 cm³/mol. The van der Waals surface area contributed by atoms with Crippen molar-refractivity contribution in [3.63, 3.8) is 0 Å². The van der Waals surface area contributed by atoms with Crippen molar-refractivity contribution in [3.8, 4) is 0 Å². The fraction of sp³-hybridized carbons (Fsp3) is 0.960. The van der Waals surface area contributed by atoms with Gasteiger partial charge in [0.1, 0.15) is 0 Å². The van der Waals surface area contributed by atoms with Gasteiger partial charge in [-0.15, -0.1) is 0 Å². The van der Waals surface area contributed by atoms with Crippen LogP contribution in [0.15, 0.2) is 0 Å². The summed E-state index contributed by atoms with van der Waals surface area (Å²) in [6.45, 7) is 12.8. The monoisotopic (exact) mass is 472 g/mol. The minimum Gasteiger partial charge on any atom is -0.469 e. The summed E-state index contributed by atoms with van der Waals surface area (Å²) in [6.07, 6.45) is 8.78. The van der Waals surface area contributed by atoms with Crippen molar-refractivity contribution in [3.05, 3.63) is 0 Å². The molecule has 32 heavy (non-hydrogen) atoms. The van der Waals surface area contributed by atoms with Gasteiger partial charge >= 0.3 is 5.97 Å². The Balaban J connectivity index is 1.94. The molecule has 2 rings (SSSR count). The lowest BCUT2D eigenvalue weighted by atomic mass is 9.89. The molecule has 6 nitrogen and oxygen atoms in total. The molecular weight excluding hydrogens is 424 g/mol. The van der Waals surface area contributed by atoms with E-state index >= 15 is 0 Å². The maximum atomic E-state index is 11.3. The molecule has 188 valence electrons. The molecular formula is C25H48O6Si. The zero-order chi connectivity index (χ0) is 23.8. The fourth-order valence-corrected chi connectivity index (χ4v) is 5.62. The van der Waals surface area contributed by atoms with Crippen LogP contribution in [-0.4, -0.2) is 58.2 Å². The smallest absolute Gasteiger partial charge is 0.305 e. The van der Waals surface area contributed by atoms with Crippen molar-refractivity contribution in [1.29, 1.82) is 0 Å². The number of rotatable bonds is 12. The molecule has 0 bridgehead atoms. The van der Waals surface area contributed by atoms with Crippen LogP contribution in [0.3, 0.4) is 0 Å². The molecule has 0 aromatic carbocycles. The second-order valence-corrected chi connectivity index (χ2v) is 16.0. The summed E-state index contributed by atoms with van der Waals surface area (Å²) in [6, 6.07) is 0. The van der Waals surface area contributed by atoms with E-state index in [1.807, 2.05) is 0 Å². The summed E-state index contributed by atoms with van der Waals surface area (Å²) in [5.74, 6) is 0.248. The summed E-state index contributed by atoms with van der Waals surface area (Å²) in [5, 5.41) is 11.1. The van der Waals surface area contributed by atoms with E-state index in [1.165, 1.54) is 7.11 Å². The van der Waals surface area contributed by atoms with Gasteiger partial charge in [0.2, 0.25) is 0 Å². The molecule has 1 aliphatic carbocycles. The van der Waals surface area contributed by atoms with E-state index < -0.39 is 8.32 Å². The van der Waals surface area contributed by atoms with E-state index in [0.29, 0.717) is 19.4 Å². The van der Waals surface area contributed by atoms with E-state index in [-0.39, 0.29) is 41.3 Å². The van der Waals surface area contributed by atoms with Gasteiger partial charge < -0.3 is 23.7 Å². The second kappa shape index (κ2) is 12.8. The van der Waals surface area contributed by atoms with Crippen molar-refractivity contribution in [2.24, 2.45) is 11.8 Å². The van der Waals surface area contributed by atoms with Crippen molar-refractivity contribution >= 4 is 14.3 Å². The normalized spacial score (nSPS) is 29.3. The average Bonchev–Trinajstić information content (AvgIpc) is 3.02. The summed E-state index contributed by atoms with van der Waals surface area (Å²) >= 11 is 0. The minimum atomic E-state index is -1.88.